The van der Waals surface area contributed by atoms with Gasteiger partial charge >= 0.3 is 0 Å². The zero-order valence-electron chi connectivity index (χ0n) is 15.7. The largest absolute Gasteiger partial charge is 0.364 e. The zero-order chi connectivity index (χ0) is 17.4. The fraction of sp³-hybridized carbons (Fsp3) is 0.778. The molecule has 0 amide bonds. The molecule has 0 aliphatic carbocycles. The van der Waals surface area contributed by atoms with Crippen LogP contribution in [-0.4, -0.2) is 60.2 Å². The lowest BCUT2D eigenvalue weighted by Crippen LogP contribution is -2.52. The van der Waals surface area contributed by atoms with Crippen LogP contribution in [0.5, 0.6) is 0 Å². The van der Waals surface area contributed by atoms with Crippen molar-refractivity contribution in [1.29, 1.82) is 0 Å². The van der Waals surface area contributed by atoms with Crippen LogP contribution in [0, 0.1) is 5.41 Å². The summed E-state index contributed by atoms with van der Waals surface area (Å²) in [5.41, 5.74) is 1.40. The van der Waals surface area contributed by atoms with Gasteiger partial charge in [0, 0.05) is 51.9 Å². The number of guanidine groups is 1. The summed E-state index contributed by atoms with van der Waals surface area (Å²) in [6.45, 7) is 15.7. The van der Waals surface area contributed by atoms with Crippen LogP contribution in [-0.2, 0) is 6.54 Å². The number of nitrogens with zero attached hydrogens (tertiary/aromatic N) is 4. The lowest BCUT2D eigenvalue weighted by Gasteiger charge is -2.36. The van der Waals surface area contributed by atoms with E-state index in [0.29, 0.717) is 5.41 Å². The highest BCUT2D eigenvalue weighted by atomic mass is 16.5. The first-order valence-electron chi connectivity index (χ1n) is 9.13. The molecule has 0 bridgehead atoms. The first-order valence-corrected chi connectivity index (χ1v) is 9.13. The highest BCUT2D eigenvalue weighted by Gasteiger charge is 2.20. The molecule has 0 atom stereocenters. The SMILES string of the molecule is CCNC(=NCCCC(C)(C)C)N1CCN(Cc2ccon2)CC1. The predicted octanol–water partition coefficient (Wildman–Crippen LogP) is 2.58. The van der Waals surface area contributed by atoms with Crippen molar-refractivity contribution in [3.05, 3.63) is 18.0 Å². The van der Waals surface area contributed by atoms with Crippen LogP contribution in [0.4, 0.5) is 0 Å². The molecule has 2 rings (SSSR count). The Morgan fingerprint density at radius 1 is 1.29 bits per heavy atom. The Morgan fingerprint density at radius 2 is 2.04 bits per heavy atom. The average molecular weight is 335 g/mol. The smallest absolute Gasteiger partial charge is 0.194 e. The minimum atomic E-state index is 0.389. The Morgan fingerprint density at radius 3 is 2.62 bits per heavy atom. The summed E-state index contributed by atoms with van der Waals surface area (Å²) in [6, 6.07) is 1.94. The number of nitrogens with one attached hydrogen (secondary N) is 1. The third-order valence-electron chi connectivity index (χ3n) is 4.23. The van der Waals surface area contributed by atoms with Crippen molar-refractivity contribution in [3.63, 3.8) is 0 Å². The normalized spacial score (nSPS) is 17.3. The van der Waals surface area contributed by atoms with E-state index in [1.54, 1.807) is 6.26 Å². The highest BCUT2D eigenvalue weighted by molar-refractivity contribution is 5.80. The Labute approximate surface area is 146 Å². The van der Waals surface area contributed by atoms with E-state index in [0.717, 1.165) is 63.9 Å². The number of aromatic nitrogens is 1. The Hall–Kier alpha value is -1.56. The second-order valence-electron chi connectivity index (χ2n) is 7.65. The van der Waals surface area contributed by atoms with Crippen LogP contribution in [0.25, 0.3) is 0 Å². The molecule has 0 radical (unpaired) electrons. The molecule has 24 heavy (non-hydrogen) atoms. The van der Waals surface area contributed by atoms with E-state index in [9.17, 15) is 0 Å². The first-order chi connectivity index (χ1) is 11.5. The molecular weight excluding hydrogens is 302 g/mol. The van der Waals surface area contributed by atoms with Crippen LogP contribution in [0.3, 0.4) is 0 Å². The van der Waals surface area contributed by atoms with E-state index < -0.39 is 0 Å². The standard InChI is InChI=1S/C18H33N5O/c1-5-19-17(20-9-6-8-18(2,3)4)23-12-10-22(11-13-23)15-16-7-14-24-21-16/h7,14H,5-6,8-13,15H2,1-4H3,(H,19,20). The summed E-state index contributed by atoms with van der Waals surface area (Å²) in [5, 5.41) is 7.44. The van der Waals surface area contributed by atoms with Crippen molar-refractivity contribution < 1.29 is 4.52 Å². The maximum absolute atomic E-state index is 4.91. The van der Waals surface area contributed by atoms with Gasteiger partial charge in [0.1, 0.15) is 6.26 Å². The molecule has 136 valence electrons. The van der Waals surface area contributed by atoms with E-state index >= 15 is 0 Å². The van der Waals surface area contributed by atoms with Gasteiger partial charge in [-0.2, -0.15) is 0 Å². The summed E-state index contributed by atoms with van der Waals surface area (Å²) < 4.78 is 4.91. The molecule has 0 spiro atoms. The van der Waals surface area contributed by atoms with Crippen molar-refractivity contribution >= 4 is 5.96 Å². The number of hydrogen-bond donors (Lipinski definition) is 1. The summed E-state index contributed by atoms with van der Waals surface area (Å²) in [4.78, 5) is 9.62. The van der Waals surface area contributed by atoms with Gasteiger partial charge in [-0.05, 0) is 25.2 Å². The molecular formula is C18H33N5O. The van der Waals surface area contributed by atoms with E-state index in [1.807, 2.05) is 6.07 Å². The van der Waals surface area contributed by atoms with E-state index in [4.69, 9.17) is 9.52 Å². The van der Waals surface area contributed by atoms with Crippen molar-refractivity contribution in [2.45, 2.75) is 47.1 Å². The van der Waals surface area contributed by atoms with Crippen LogP contribution in [0.1, 0.15) is 46.2 Å². The van der Waals surface area contributed by atoms with Gasteiger partial charge in [0.25, 0.3) is 0 Å². The molecule has 1 aliphatic rings. The summed E-state index contributed by atoms with van der Waals surface area (Å²) >= 11 is 0. The summed E-state index contributed by atoms with van der Waals surface area (Å²) in [5.74, 6) is 1.06. The number of hydrogen-bond acceptors (Lipinski definition) is 4. The lowest BCUT2D eigenvalue weighted by molar-refractivity contribution is 0.169. The molecule has 1 saturated heterocycles. The maximum atomic E-state index is 4.91. The second kappa shape index (κ2) is 9.06. The van der Waals surface area contributed by atoms with Gasteiger partial charge < -0.3 is 14.7 Å². The quantitative estimate of drug-likeness (QED) is 0.492. The highest BCUT2D eigenvalue weighted by Crippen LogP contribution is 2.20. The van der Waals surface area contributed by atoms with Gasteiger partial charge in [-0.15, -0.1) is 0 Å². The molecule has 0 unspecified atom stereocenters. The molecule has 0 saturated carbocycles. The first kappa shape index (κ1) is 18.8. The van der Waals surface area contributed by atoms with E-state index in [1.165, 1.54) is 6.42 Å². The average Bonchev–Trinajstić information content (AvgIpc) is 3.03. The van der Waals surface area contributed by atoms with Gasteiger partial charge in [0.2, 0.25) is 0 Å². The van der Waals surface area contributed by atoms with Crippen LogP contribution in [0.15, 0.2) is 21.8 Å². The topological polar surface area (TPSA) is 56.9 Å². The Bertz CT molecular complexity index is 484. The third kappa shape index (κ3) is 6.51. The fourth-order valence-electron chi connectivity index (χ4n) is 2.89. The van der Waals surface area contributed by atoms with Gasteiger partial charge in [-0.3, -0.25) is 9.89 Å². The summed E-state index contributed by atoms with van der Waals surface area (Å²) in [6.07, 6.45) is 3.99. The maximum Gasteiger partial charge on any atom is 0.194 e. The van der Waals surface area contributed by atoms with Crippen LogP contribution < -0.4 is 5.32 Å². The fourth-order valence-corrected chi connectivity index (χ4v) is 2.89. The second-order valence-corrected chi connectivity index (χ2v) is 7.65. The van der Waals surface area contributed by atoms with Gasteiger partial charge in [-0.1, -0.05) is 25.9 Å². The Balaban J connectivity index is 1.79. The molecule has 1 N–H and O–H groups in total. The summed E-state index contributed by atoms with van der Waals surface area (Å²) in [7, 11) is 0. The number of rotatable bonds is 6. The number of aliphatic imine (C=N–C) groups is 1. The van der Waals surface area contributed by atoms with Crippen molar-refractivity contribution in [1.82, 2.24) is 20.3 Å². The molecule has 6 nitrogen and oxygen atoms in total. The van der Waals surface area contributed by atoms with Gasteiger partial charge in [0.15, 0.2) is 5.96 Å². The van der Waals surface area contributed by atoms with Crippen molar-refractivity contribution in [3.8, 4) is 0 Å². The molecule has 1 aromatic heterocycles. The monoisotopic (exact) mass is 335 g/mol. The molecule has 0 aromatic carbocycles. The molecule has 6 heteroatoms. The zero-order valence-corrected chi connectivity index (χ0v) is 15.7. The van der Waals surface area contributed by atoms with Gasteiger partial charge in [0.05, 0.1) is 5.69 Å². The van der Waals surface area contributed by atoms with E-state index in [-0.39, 0.29) is 0 Å². The third-order valence-corrected chi connectivity index (χ3v) is 4.23. The van der Waals surface area contributed by atoms with Crippen molar-refractivity contribution in [2.24, 2.45) is 10.4 Å². The minimum Gasteiger partial charge on any atom is -0.364 e. The molecule has 1 fully saturated rings. The predicted molar refractivity (Wildman–Crippen MR) is 98.0 cm³/mol. The molecule has 2 heterocycles. The van der Waals surface area contributed by atoms with E-state index in [2.05, 4.69) is 48.0 Å². The molecule has 1 aliphatic heterocycles. The van der Waals surface area contributed by atoms with Crippen LogP contribution >= 0.6 is 0 Å². The molecule has 1 aromatic rings. The van der Waals surface area contributed by atoms with Crippen LogP contribution in [0.2, 0.25) is 0 Å². The lowest BCUT2D eigenvalue weighted by atomic mass is 9.91. The number of piperazine rings is 1. The minimum absolute atomic E-state index is 0.389. The van der Waals surface area contributed by atoms with Crippen molar-refractivity contribution in [2.75, 3.05) is 39.3 Å². The Kier molecular flexibility index (Phi) is 7.09. The van der Waals surface area contributed by atoms with Gasteiger partial charge in [-0.25, -0.2) is 0 Å².